The Labute approximate surface area is 120 Å². The third-order valence-electron chi connectivity index (χ3n) is 3.94. The van der Waals surface area contributed by atoms with Gasteiger partial charge in [-0.1, -0.05) is 13.3 Å². The molecule has 112 valence electrons. The highest BCUT2D eigenvalue weighted by atomic mass is 16.5. The quantitative estimate of drug-likeness (QED) is 0.870. The first-order valence-electron chi connectivity index (χ1n) is 7.22. The minimum Gasteiger partial charge on any atom is -0.493 e. The zero-order valence-corrected chi connectivity index (χ0v) is 12.5. The summed E-state index contributed by atoms with van der Waals surface area (Å²) < 4.78 is 16.7. The molecular formula is C16H24O4. The highest BCUT2D eigenvalue weighted by Crippen LogP contribution is 2.40. The van der Waals surface area contributed by atoms with E-state index in [1.807, 2.05) is 12.1 Å². The molecule has 4 heteroatoms. The Morgan fingerprint density at radius 1 is 1.30 bits per heavy atom. The van der Waals surface area contributed by atoms with E-state index in [0.717, 1.165) is 36.3 Å². The van der Waals surface area contributed by atoms with Crippen LogP contribution < -0.4 is 9.47 Å². The molecule has 1 aromatic rings. The SMILES string of the molecule is CCC[C@@H](CO)[C@H]1OCCc2cc(OC)c(OC)cc21. The Morgan fingerprint density at radius 2 is 2.00 bits per heavy atom. The van der Waals surface area contributed by atoms with E-state index >= 15 is 0 Å². The highest BCUT2D eigenvalue weighted by molar-refractivity contribution is 5.49. The molecule has 0 saturated heterocycles. The molecule has 0 aliphatic carbocycles. The van der Waals surface area contributed by atoms with E-state index in [0.29, 0.717) is 6.61 Å². The third-order valence-corrected chi connectivity index (χ3v) is 3.94. The molecule has 1 aliphatic heterocycles. The fourth-order valence-corrected chi connectivity index (χ4v) is 2.90. The monoisotopic (exact) mass is 280 g/mol. The van der Waals surface area contributed by atoms with Crippen molar-refractivity contribution >= 4 is 0 Å². The van der Waals surface area contributed by atoms with Crippen molar-refractivity contribution in [3.63, 3.8) is 0 Å². The van der Waals surface area contributed by atoms with Gasteiger partial charge in [0, 0.05) is 12.5 Å². The van der Waals surface area contributed by atoms with Crippen molar-refractivity contribution < 1.29 is 19.3 Å². The predicted molar refractivity (Wildman–Crippen MR) is 77.4 cm³/mol. The fraction of sp³-hybridized carbons (Fsp3) is 0.625. The van der Waals surface area contributed by atoms with Crippen LogP contribution in [-0.4, -0.2) is 32.5 Å². The second-order valence-corrected chi connectivity index (χ2v) is 5.18. The van der Waals surface area contributed by atoms with E-state index in [-0.39, 0.29) is 18.6 Å². The first-order valence-corrected chi connectivity index (χ1v) is 7.22. The van der Waals surface area contributed by atoms with Gasteiger partial charge in [0.2, 0.25) is 0 Å². The van der Waals surface area contributed by atoms with E-state index in [1.165, 1.54) is 5.56 Å². The first kappa shape index (κ1) is 15.1. The van der Waals surface area contributed by atoms with E-state index < -0.39 is 0 Å². The van der Waals surface area contributed by atoms with Crippen LogP contribution in [-0.2, 0) is 11.2 Å². The third kappa shape index (κ3) is 2.91. The molecule has 0 spiro atoms. The molecule has 1 aliphatic rings. The van der Waals surface area contributed by atoms with E-state index in [2.05, 4.69) is 6.92 Å². The smallest absolute Gasteiger partial charge is 0.161 e. The maximum Gasteiger partial charge on any atom is 0.161 e. The number of aliphatic hydroxyl groups is 1. The maximum atomic E-state index is 9.63. The van der Waals surface area contributed by atoms with Gasteiger partial charge >= 0.3 is 0 Å². The molecule has 1 N–H and O–H groups in total. The normalized spacial score (nSPS) is 19.3. The number of benzene rings is 1. The predicted octanol–water partition coefficient (Wildman–Crippen LogP) is 2.73. The molecule has 1 aromatic carbocycles. The zero-order valence-electron chi connectivity index (χ0n) is 12.5. The number of aliphatic hydroxyl groups excluding tert-OH is 1. The summed E-state index contributed by atoms with van der Waals surface area (Å²) in [5.74, 6) is 1.61. The lowest BCUT2D eigenvalue weighted by molar-refractivity contribution is -0.0198. The minimum atomic E-state index is -0.0523. The molecule has 0 amide bonds. The fourth-order valence-electron chi connectivity index (χ4n) is 2.90. The van der Waals surface area contributed by atoms with Crippen molar-refractivity contribution in [2.45, 2.75) is 32.3 Å². The summed E-state index contributed by atoms with van der Waals surface area (Å²) in [5, 5.41) is 9.63. The van der Waals surface area contributed by atoms with Gasteiger partial charge in [-0.05, 0) is 36.1 Å². The highest BCUT2D eigenvalue weighted by Gasteiger charge is 2.29. The van der Waals surface area contributed by atoms with Crippen LogP contribution in [0.3, 0.4) is 0 Å². The number of hydrogen-bond acceptors (Lipinski definition) is 4. The van der Waals surface area contributed by atoms with Gasteiger partial charge in [-0.25, -0.2) is 0 Å². The second kappa shape index (κ2) is 6.95. The lowest BCUT2D eigenvalue weighted by Crippen LogP contribution is -2.25. The minimum absolute atomic E-state index is 0.0523. The molecule has 0 fully saturated rings. The van der Waals surface area contributed by atoms with Crippen molar-refractivity contribution in [2.75, 3.05) is 27.4 Å². The van der Waals surface area contributed by atoms with Crippen LogP contribution in [0.25, 0.3) is 0 Å². The summed E-state index contributed by atoms with van der Waals surface area (Å²) in [7, 11) is 3.28. The van der Waals surface area contributed by atoms with Gasteiger partial charge in [0.1, 0.15) is 0 Å². The van der Waals surface area contributed by atoms with Gasteiger partial charge in [0.15, 0.2) is 11.5 Å². The lowest BCUT2D eigenvalue weighted by Gasteiger charge is -2.32. The lowest BCUT2D eigenvalue weighted by atomic mass is 9.87. The van der Waals surface area contributed by atoms with Gasteiger partial charge in [-0.15, -0.1) is 0 Å². The molecule has 0 saturated carbocycles. The summed E-state index contributed by atoms with van der Waals surface area (Å²) in [6.07, 6.45) is 2.81. The van der Waals surface area contributed by atoms with E-state index in [1.54, 1.807) is 14.2 Å². The number of fused-ring (bicyclic) bond motifs is 1. The van der Waals surface area contributed by atoms with Gasteiger partial charge in [0.25, 0.3) is 0 Å². The molecule has 4 nitrogen and oxygen atoms in total. The number of ether oxygens (including phenoxy) is 3. The average molecular weight is 280 g/mol. The maximum absolute atomic E-state index is 9.63. The Kier molecular flexibility index (Phi) is 5.26. The average Bonchev–Trinajstić information content (AvgIpc) is 2.50. The molecule has 0 radical (unpaired) electrons. The molecule has 20 heavy (non-hydrogen) atoms. The summed E-state index contributed by atoms with van der Waals surface area (Å²) in [6.45, 7) is 2.96. The van der Waals surface area contributed by atoms with Crippen molar-refractivity contribution in [2.24, 2.45) is 5.92 Å². The largest absolute Gasteiger partial charge is 0.493 e. The summed E-state index contributed by atoms with van der Waals surface area (Å²) in [6, 6.07) is 4.03. The second-order valence-electron chi connectivity index (χ2n) is 5.18. The standard InChI is InChI=1S/C16H24O4/c1-4-5-12(10-17)16-13-9-15(19-3)14(18-2)8-11(13)6-7-20-16/h8-9,12,16-17H,4-7,10H2,1-3H3/t12-,16+/m0/s1. The van der Waals surface area contributed by atoms with Crippen molar-refractivity contribution in [3.8, 4) is 11.5 Å². The number of rotatable bonds is 6. The van der Waals surface area contributed by atoms with Crippen LogP contribution in [0.2, 0.25) is 0 Å². The Bertz CT molecular complexity index is 444. The summed E-state index contributed by atoms with van der Waals surface area (Å²) in [5.41, 5.74) is 2.36. The van der Waals surface area contributed by atoms with Gasteiger partial charge in [-0.2, -0.15) is 0 Å². The molecule has 1 heterocycles. The molecular weight excluding hydrogens is 256 g/mol. The molecule has 0 aromatic heterocycles. The van der Waals surface area contributed by atoms with Crippen molar-refractivity contribution in [1.29, 1.82) is 0 Å². The first-order chi connectivity index (χ1) is 9.74. The van der Waals surface area contributed by atoms with Crippen LogP contribution in [0.4, 0.5) is 0 Å². The van der Waals surface area contributed by atoms with Gasteiger partial charge in [-0.3, -0.25) is 0 Å². The molecule has 2 atom stereocenters. The summed E-state index contributed by atoms with van der Waals surface area (Å²) >= 11 is 0. The van der Waals surface area contributed by atoms with E-state index in [9.17, 15) is 5.11 Å². The van der Waals surface area contributed by atoms with Crippen molar-refractivity contribution in [1.82, 2.24) is 0 Å². The van der Waals surface area contributed by atoms with Crippen molar-refractivity contribution in [3.05, 3.63) is 23.3 Å². The zero-order chi connectivity index (χ0) is 14.5. The van der Waals surface area contributed by atoms with Crippen LogP contribution in [0, 0.1) is 5.92 Å². The topological polar surface area (TPSA) is 47.9 Å². The van der Waals surface area contributed by atoms with Gasteiger partial charge in [0.05, 0.1) is 26.9 Å². The summed E-state index contributed by atoms with van der Waals surface area (Å²) in [4.78, 5) is 0. The van der Waals surface area contributed by atoms with Crippen LogP contribution >= 0.6 is 0 Å². The van der Waals surface area contributed by atoms with Crippen LogP contribution in [0.5, 0.6) is 11.5 Å². The van der Waals surface area contributed by atoms with Crippen LogP contribution in [0.1, 0.15) is 37.0 Å². The number of methoxy groups -OCH3 is 2. The number of hydrogen-bond donors (Lipinski definition) is 1. The molecule has 2 rings (SSSR count). The molecule has 0 unspecified atom stereocenters. The molecule has 0 bridgehead atoms. The van der Waals surface area contributed by atoms with E-state index in [4.69, 9.17) is 14.2 Å². The Morgan fingerprint density at radius 3 is 2.60 bits per heavy atom. The van der Waals surface area contributed by atoms with Gasteiger partial charge < -0.3 is 19.3 Å². The van der Waals surface area contributed by atoms with Crippen LogP contribution in [0.15, 0.2) is 12.1 Å². The Balaban J connectivity index is 2.38. The Hall–Kier alpha value is -1.26.